The molecular weight excluding hydrogens is 224 g/mol. The summed E-state index contributed by atoms with van der Waals surface area (Å²) < 4.78 is 2.26. The first-order valence-electron chi connectivity index (χ1n) is 6.17. The molecule has 3 aromatic rings. The highest BCUT2D eigenvalue weighted by atomic mass is 15.2. The minimum Gasteiger partial charge on any atom is -0.306 e. The number of aromatic nitrogens is 4. The highest BCUT2D eigenvalue weighted by molar-refractivity contribution is 5.77. The van der Waals surface area contributed by atoms with Gasteiger partial charge in [0.15, 0.2) is 5.65 Å². The molecule has 1 saturated carbocycles. The Balaban J connectivity index is 2.02. The quantitative estimate of drug-likeness (QED) is 0.687. The topological polar surface area (TPSA) is 43.6 Å². The molecule has 0 bridgehead atoms. The lowest BCUT2D eigenvalue weighted by atomic mass is 10.3. The Hall–Kier alpha value is -2.23. The number of hydrogen-bond acceptors (Lipinski definition) is 3. The summed E-state index contributed by atoms with van der Waals surface area (Å²) in [5, 5.41) is 0. The van der Waals surface area contributed by atoms with Crippen LogP contribution in [0.2, 0.25) is 0 Å². The van der Waals surface area contributed by atoms with Crippen LogP contribution in [0.15, 0.2) is 42.9 Å². The van der Waals surface area contributed by atoms with E-state index >= 15 is 0 Å². The van der Waals surface area contributed by atoms with Gasteiger partial charge in [-0.2, -0.15) is 0 Å². The molecule has 0 unspecified atom stereocenters. The van der Waals surface area contributed by atoms with Gasteiger partial charge in [0.25, 0.3) is 0 Å². The molecule has 4 rings (SSSR count). The summed E-state index contributed by atoms with van der Waals surface area (Å²) in [5.41, 5.74) is 3.00. The fourth-order valence-corrected chi connectivity index (χ4v) is 2.31. The third-order valence-electron chi connectivity index (χ3n) is 3.28. The van der Waals surface area contributed by atoms with E-state index in [2.05, 4.69) is 14.5 Å². The van der Waals surface area contributed by atoms with Crippen molar-refractivity contribution in [2.24, 2.45) is 0 Å². The minimum absolute atomic E-state index is 0.556. The van der Waals surface area contributed by atoms with Crippen molar-refractivity contribution in [1.29, 1.82) is 0 Å². The number of rotatable bonds is 2. The van der Waals surface area contributed by atoms with Gasteiger partial charge in [0.05, 0.1) is 0 Å². The van der Waals surface area contributed by atoms with Crippen LogP contribution in [-0.4, -0.2) is 19.5 Å². The monoisotopic (exact) mass is 236 g/mol. The third-order valence-corrected chi connectivity index (χ3v) is 3.28. The molecule has 1 aliphatic rings. The average molecular weight is 236 g/mol. The molecule has 88 valence electrons. The first-order chi connectivity index (χ1) is 8.93. The highest BCUT2D eigenvalue weighted by Crippen LogP contribution is 2.40. The maximum Gasteiger partial charge on any atom is 0.160 e. The van der Waals surface area contributed by atoms with Gasteiger partial charge in [-0.05, 0) is 37.1 Å². The molecule has 0 N–H and O–H groups in total. The fraction of sp³-hybridized carbons (Fsp3) is 0.214. The van der Waals surface area contributed by atoms with E-state index < -0.39 is 0 Å². The molecule has 0 amide bonds. The third kappa shape index (κ3) is 1.42. The summed E-state index contributed by atoms with van der Waals surface area (Å²) in [7, 11) is 0. The van der Waals surface area contributed by atoms with Crippen LogP contribution in [0.25, 0.3) is 22.6 Å². The van der Waals surface area contributed by atoms with Gasteiger partial charge < -0.3 is 4.57 Å². The first kappa shape index (κ1) is 9.76. The van der Waals surface area contributed by atoms with E-state index in [9.17, 15) is 0 Å². The maximum absolute atomic E-state index is 4.70. The summed E-state index contributed by atoms with van der Waals surface area (Å²) in [6.45, 7) is 0. The van der Waals surface area contributed by atoms with Crippen molar-refractivity contribution in [2.75, 3.05) is 0 Å². The van der Waals surface area contributed by atoms with Crippen LogP contribution in [0.4, 0.5) is 0 Å². The zero-order valence-corrected chi connectivity index (χ0v) is 9.82. The van der Waals surface area contributed by atoms with E-state index in [0.717, 1.165) is 22.6 Å². The standard InChI is InChI=1S/C14H12N4/c1-3-10(9-15-7-1)13-17-12-4-2-8-16-14(12)18(13)11-5-6-11/h1-4,7-9,11H,5-6H2. The molecule has 1 aliphatic carbocycles. The van der Waals surface area contributed by atoms with Crippen LogP contribution in [0.3, 0.4) is 0 Å². The van der Waals surface area contributed by atoms with Crippen molar-refractivity contribution < 1.29 is 0 Å². The summed E-state index contributed by atoms with van der Waals surface area (Å²) >= 11 is 0. The summed E-state index contributed by atoms with van der Waals surface area (Å²) in [5.74, 6) is 0.985. The van der Waals surface area contributed by atoms with Gasteiger partial charge >= 0.3 is 0 Å². The normalized spacial score (nSPS) is 15.1. The number of pyridine rings is 2. The predicted molar refractivity (Wildman–Crippen MR) is 69.0 cm³/mol. The molecule has 0 aliphatic heterocycles. The highest BCUT2D eigenvalue weighted by Gasteiger charge is 2.29. The van der Waals surface area contributed by atoms with Gasteiger partial charge in [0, 0.05) is 30.2 Å². The zero-order valence-electron chi connectivity index (χ0n) is 9.82. The smallest absolute Gasteiger partial charge is 0.160 e. The lowest BCUT2D eigenvalue weighted by Crippen LogP contribution is -1.98. The maximum atomic E-state index is 4.70. The summed E-state index contributed by atoms with van der Waals surface area (Å²) in [4.78, 5) is 13.4. The van der Waals surface area contributed by atoms with Crippen LogP contribution in [-0.2, 0) is 0 Å². The number of imidazole rings is 1. The Morgan fingerprint density at radius 2 is 2.00 bits per heavy atom. The Morgan fingerprint density at radius 1 is 1.11 bits per heavy atom. The average Bonchev–Trinajstić information content (AvgIpc) is 3.19. The fourth-order valence-electron chi connectivity index (χ4n) is 2.31. The van der Waals surface area contributed by atoms with Crippen molar-refractivity contribution in [3.05, 3.63) is 42.9 Å². The Bertz CT molecular complexity index is 698. The minimum atomic E-state index is 0.556. The number of nitrogens with zero attached hydrogens (tertiary/aromatic N) is 4. The van der Waals surface area contributed by atoms with Gasteiger partial charge in [0.1, 0.15) is 11.3 Å². The lowest BCUT2D eigenvalue weighted by molar-refractivity contribution is 0.766. The summed E-state index contributed by atoms with van der Waals surface area (Å²) in [6.07, 6.45) is 7.91. The van der Waals surface area contributed by atoms with E-state index in [-0.39, 0.29) is 0 Å². The number of fused-ring (bicyclic) bond motifs is 1. The molecule has 3 aromatic heterocycles. The van der Waals surface area contributed by atoms with E-state index in [1.54, 1.807) is 6.20 Å². The largest absolute Gasteiger partial charge is 0.306 e. The van der Waals surface area contributed by atoms with Crippen LogP contribution >= 0.6 is 0 Å². The van der Waals surface area contributed by atoms with Crippen LogP contribution in [0.5, 0.6) is 0 Å². The van der Waals surface area contributed by atoms with Crippen molar-refractivity contribution in [3.63, 3.8) is 0 Å². The van der Waals surface area contributed by atoms with Crippen molar-refractivity contribution in [2.45, 2.75) is 18.9 Å². The molecule has 3 heterocycles. The zero-order chi connectivity index (χ0) is 11.9. The van der Waals surface area contributed by atoms with Gasteiger partial charge in [0.2, 0.25) is 0 Å². The second-order valence-electron chi connectivity index (χ2n) is 4.62. The molecule has 0 aromatic carbocycles. The molecular formula is C14H12N4. The second kappa shape index (κ2) is 3.63. The van der Waals surface area contributed by atoms with Gasteiger partial charge in [-0.1, -0.05) is 0 Å². The molecule has 4 heteroatoms. The van der Waals surface area contributed by atoms with Gasteiger partial charge in [-0.3, -0.25) is 4.98 Å². The van der Waals surface area contributed by atoms with Crippen molar-refractivity contribution in [1.82, 2.24) is 19.5 Å². The van der Waals surface area contributed by atoms with Crippen LogP contribution < -0.4 is 0 Å². The Kier molecular flexibility index (Phi) is 1.97. The molecule has 0 spiro atoms. The van der Waals surface area contributed by atoms with Crippen LogP contribution in [0, 0.1) is 0 Å². The molecule has 0 atom stereocenters. The SMILES string of the molecule is c1cncc(-c2nc3cccnc3n2C2CC2)c1. The lowest BCUT2D eigenvalue weighted by Gasteiger charge is -2.06. The van der Waals surface area contributed by atoms with Crippen molar-refractivity contribution >= 4 is 11.2 Å². The van der Waals surface area contributed by atoms with E-state index in [1.165, 1.54) is 12.8 Å². The van der Waals surface area contributed by atoms with E-state index in [1.807, 2.05) is 36.7 Å². The van der Waals surface area contributed by atoms with Gasteiger partial charge in [-0.15, -0.1) is 0 Å². The van der Waals surface area contributed by atoms with Gasteiger partial charge in [-0.25, -0.2) is 9.97 Å². The van der Waals surface area contributed by atoms with Crippen LogP contribution in [0.1, 0.15) is 18.9 Å². The van der Waals surface area contributed by atoms with E-state index in [0.29, 0.717) is 6.04 Å². The molecule has 18 heavy (non-hydrogen) atoms. The molecule has 0 saturated heterocycles. The molecule has 4 nitrogen and oxygen atoms in total. The number of hydrogen-bond donors (Lipinski definition) is 0. The second-order valence-corrected chi connectivity index (χ2v) is 4.62. The van der Waals surface area contributed by atoms with E-state index in [4.69, 9.17) is 4.98 Å². The molecule has 0 radical (unpaired) electrons. The molecule has 1 fully saturated rings. The first-order valence-corrected chi connectivity index (χ1v) is 6.17. The van der Waals surface area contributed by atoms with Crippen molar-refractivity contribution in [3.8, 4) is 11.4 Å². The Labute approximate surface area is 104 Å². The Morgan fingerprint density at radius 3 is 2.78 bits per heavy atom. The predicted octanol–water partition coefficient (Wildman–Crippen LogP) is 2.83. The summed E-state index contributed by atoms with van der Waals surface area (Å²) in [6, 6.07) is 8.49.